The second-order valence-electron chi connectivity index (χ2n) is 6.80. The van der Waals surface area contributed by atoms with Crippen molar-refractivity contribution in [1.82, 2.24) is 10.4 Å². The molecule has 2 N–H and O–H groups in total. The van der Waals surface area contributed by atoms with Gasteiger partial charge in [0.05, 0.1) is 11.6 Å². The first-order chi connectivity index (χ1) is 9.55. The zero-order valence-corrected chi connectivity index (χ0v) is 12.7. The molecule has 0 bridgehead atoms. The number of nitrogens with one attached hydrogen (secondary N) is 2. The third-order valence-electron chi connectivity index (χ3n) is 4.26. The van der Waals surface area contributed by atoms with Crippen molar-refractivity contribution < 1.29 is 24.3 Å². The number of imide groups is 1. The molecule has 2 rings (SSSR count). The minimum absolute atomic E-state index is 0.0482. The molecule has 2 aliphatic rings. The van der Waals surface area contributed by atoms with Crippen LogP contribution in [0.5, 0.6) is 0 Å². The van der Waals surface area contributed by atoms with Crippen molar-refractivity contribution in [2.24, 2.45) is 0 Å². The van der Waals surface area contributed by atoms with Crippen LogP contribution in [0.3, 0.4) is 0 Å². The van der Waals surface area contributed by atoms with Gasteiger partial charge in [0.2, 0.25) is 0 Å². The van der Waals surface area contributed by atoms with Gasteiger partial charge in [0.25, 0.3) is 11.8 Å². The third-order valence-corrected chi connectivity index (χ3v) is 4.26. The summed E-state index contributed by atoms with van der Waals surface area (Å²) in [4.78, 5) is 39.4. The van der Waals surface area contributed by atoms with Gasteiger partial charge in [-0.1, -0.05) is 0 Å². The van der Waals surface area contributed by atoms with Gasteiger partial charge in [-0.25, -0.2) is 4.79 Å². The molecule has 2 unspecified atom stereocenters. The fraction of sp³-hybridized carbons (Fsp3) is 0.769. The summed E-state index contributed by atoms with van der Waals surface area (Å²) >= 11 is 0. The number of quaternary nitrogens is 1. The van der Waals surface area contributed by atoms with Crippen LogP contribution in [0.2, 0.25) is 0 Å². The van der Waals surface area contributed by atoms with Crippen LogP contribution in [0.15, 0.2) is 0 Å². The number of carbonyl (C=O) groups excluding carboxylic acids is 3. The van der Waals surface area contributed by atoms with Gasteiger partial charge in [0.15, 0.2) is 0 Å². The highest BCUT2D eigenvalue weighted by molar-refractivity contribution is 6.01. The maximum atomic E-state index is 12.3. The Balaban J connectivity index is 2.00. The third kappa shape index (κ3) is 2.73. The SMILES string of the molecule is CC1(C)CC(NC(=O)ON2C(=O)CCC2=O)C(C)(C)[NH+]1[O-]. The Bertz CT molecular complexity index is 472. The van der Waals surface area contributed by atoms with E-state index in [0.717, 1.165) is 0 Å². The monoisotopic (exact) mass is 299 g/mol. The smallest absolute Gasteiger partial charge is 0.432 e. The van der Waals surface area contributed by atoms with Crippen LogP contribution in [0.1, 0.15) is 47.0 Å². The highest BCUT2D eigenvalue weighted by Crippen LogP contribution is 2.25. The predicted molar refractivity (Wildman–Crippen MR) is 71.6 cm³/mol. The first-order valence-electron chi connectivity index (χ1n) is 6.95. The van der Waals surface area contributed by atoms with E-state index in [9.17, 15) is 19.6 Å². The normalized spacial score (nSPS) is 30.6. The lowest BCUT2D eigenvalue weighted by Crippen LogP contribution is -3.20. The molecule has 21 heavy (non-hydrogen) atoms. The van der Waals surface area contributed by atoms with E-state index in [1.54, 1.807) is 13.8 Å². The minimum Gasteiger partial charge on any atom is -0.633 e. The molecule has 118 valence electrons. The number of rotatable bonds is 2. The van der Waals surface area contributed by atoms with E-state index in [1.165, 1.54) is 0 Å². The Morgan fingerprint density at radius 2 is 1.81 bits per heavy atom. The summed E-state index contributed by atoms with van der Waals surface area (Å²) < 4.78 is 0. The molecule has 0 radical (unpaired) electrons. The van der Waals surface area contributed by atoms with Crippen LogP contribution in [0.25, 0.3) is 0 Å². The number of hydrogen-bond donors (Lipinski definition) is 2. The molecule has 8 heteroatoms. The zero-order chi connectivity index (χ0) is 16.0. The van der Waals surface area contributed by atoms with Crippen molar-refractivity contribution in [3.05, 3.63) is 5.21 Å². The van der Waals surface area contributed by atoms with E-state index in [2.05, 4.69) is 5.32 Å². The molecule has 2 aliphatic heterocycles. The number of hydroxylamine groups is 4. The quantitative estimate of drug-likeness (QED) is 0.528. The van der Waals surface area contributed by atoms with Gasteiger partial charge in [-0.3, -0.25) is 9.59 Å². The van der Waals surface area contributed by atoms with Crippen molar-refractivity contribution in [2.75, 3.05) is 0 Å². The summed E-state index contributed by atoms with van der Waals surface area (Å²) in [6.07, 6.45) is -0.309. The number of nitrogens with zero attached hydrogens (tertiary/aromatic N) is 1. The van der Waals surface area contributed by atoms with Crippen molar-refractivity contribution in [3.63, 3.8) is 0 Å². The van der Waals surface area contributed by atoms with Crippen molar-refractivity contribution >= 4 is 17.9 Å². The summed E-state index contributed by atoms with van der Waals surface area (Å²) in [6.45, 7) is 7.19. The molecule has 0 spiro atoms. The van der Waals surface area contributed by atoms with Gasteiger partial charge < -0.3 is 20.4 Å². The molecular weight excluding hydrogens is 278 g/mol. The van der Waals surface area contributed by atoms with Crippen molar-refractivity contribution in [3.8, 4) is 0 Å². The van der Waals surface area contributed by atoms with Gasteiger partial charge in [-0.2, -0.15) is 0 Å². The summed E-state index contributed by atoms with van der Waals surface area (Å²) in [5.41, 5.74) is -1.25. The number of carbonyl (C=O) groups is 3. The Morgan fingerprint density at radius 3 is 2.24 bits per heavy atom. The molecule has 2 saturated heterocycles. The molecule has 0 saturated carbocycles. The molecule has 2 atom stereocenters. The van der Waals surface area contributed by atoms with Crippen LogP contribution in [-0.4, -0.2) is 40.1 Å². The van der Waals surface area contributed by atoms with Gasteiger partial charge in [-0.05, 0) is 27.7 Å². The molecule has 0 aromatic rings. The first-order valence-corrected chi connectivity index (χ1v) is 6.95. The second kappa shape index (κ2) is 4.96. The van der Waals surface area contributed by atoms with Crippen LogP contribution >= 0.6 is 0 Å². The number of amides is 3. The van der Waals surface area contributed by atoms with Crippen molar-refractivity contribution in [2.45, 2.75) is 64.1 Å². The maximum Gasteiger partial charge on any atom is 0.432 e. The zero-order valence-electron chi connectivity index (χ0n) is 12.7. The van der Waals surface area contributed by atoms with E-state index in [0.29, 0.717) is 11.5 Å². The summed E-state index contributed by atoms with van der Waals surface area (Å²) in [6, 6.07) is -0.402. The highest BCUT2D eigenvalue weighted by Gasteiger charge is 2.53. The van der Waals surface area contributed by atoms with E-state index >= 15 is 0 Å². The largest absolute Gasteiger partial charge is 0.633 e. The average Bonchev–Trinajstić information content (AvgIpc) is 2.74. The van der Waals surface area contributed by atoms with Gasteiger partial charge in [-0.15, -0.1) is 5.06 Å². The lowest BCUT2D eigenvalue weighted by atomic mass is 9.94. The van der Waals surface area contributed by atoms with Crippen LogP contribution in [0.4, 0.5) is 4.79 Å². The number of hydrogen-bond acceptors (Lipinski definition) is 5. The molecule has 8 nitrogen and oxygen atoms in total. The van der Waals surface area contributed by atoms with E-state index in [4.69, 9.17) is 4.84 Å². The van der Waals surface area contributed by atoms with Gasteiger partial charge >= 0.3 is 6.09 Å². The lowest BCUT2D eigenvalue weighted by Gasteiger charge is -2.41. The Morgan fingerprint density at radius 1 is 1.29 bits per heavy atom. The summed E-state index contributed by atoms with van der Waals surface area (Å²) in [7, 11) is 0. The van der Waals surface area contributed by atoms with Gasteiger partial charge in [0.1, 0.15) is 5.54 Å². The molecule has 0 aromatic carbocycles. The Kier molecular flexibility index (Phi) is 3.71. The van der Waals surface area contributed by atoms with Gasteiger partial charge in [0, 0.05) is 19.3 Å². The lowest BCUT2D eigenvalue weighted by molar-refractivity contribution is -0.932. The van der Waals surface area contributed by atoms with Crippen LogP contribution in [-0.2, 0) is 14.4 Å². The van der Waals surface area contributed by atoms with Crippen LogP contribution < -0.4 is 10.4 Å². The molecule has 0 aromatic heterocycles. The molecule has 0 aliphatic carbocycles. The minimum atomic E-state index is -0.887. The molecule has 3 amide bonds. The van der Waals surface area contributed by atoms with E-state index in [1.807, 2.05) is 13.8 Å². The highest BCUT2D eigenvalue weighted by atomic mass is 16.7. The topological polar surface area (TPSA) is 103 Å². The second-order valence-corrected chi connectivity index (χ2v) is 6.80. The molecular formula is C13H21N3O5. The van der Waals surface area contributed by atoms with Crippen LogP contribution in [0, 0.1) is 5.21 Å². The maximum absolute atomic E-state index is 12.3. The average molecular weight is 299 g/mol. The van der Waals surface area contributed by atoms with E-state index in [-0.39, 0.29) is 17.9 Å². The standard InChI is InChI=1S/C13H21N3O5/c1-12(2)7-8(13(3,4)16(12)20)14-11(19)21-15-9(17)5-6-10(15)18/h8,16H,5-7H2,1-4H3,(H,14,19). The van der Waals surface area contributed by atoms with E-state index < -0.39 is 35.0 Å². The Labute approximate surface area is 122 Å². The summed E-state index contributed by atoms with van der Waals surface area (Å²) in [5, 5.41) is 15.4. The fourth-order valence-corrected chi connectivity index (χ4v) is 3.03. The van der Waals surface area contributed by atoms with Crippen molar-refractivity contribution in [1.29, 1.82) is 0 Å². The molecule has 2 heterocycles. The summed E-state index contributed by atoms with van der Waals surface area (Å²) in [5.74, 6) is -1.06. The predicted octanol–water partition coefficient (Wildman–Crippen LogP) is -0.511. The molecule has 2 fully saturated rings. The fourth-order valence-electron chi connectivity index (χ4n) is 3.03. The Hall–Kier alpha value is -1.67. The first kappa shape index (κ1) is 15.7.